The lowest BCUT2D eigenvalue weighted by molar-refractivity contribution is 0.238. The van der Waals surface area contributed by atoms with Gasteiger partial charge in [-0.1, -0.05) is 43.7 Å². The van der Waals surface area contributed by atoms with Crippen LogP contribution in [0.3, 0.4) is 0 Å². The first-order valence-electron chi connectivity index (χ1n) is 6.19. The average molecular weight is 220 g/mol. The van der Waals surface area contributed by atoms with Crippen LogP contribution < -0.4 is 5.32 Å². The second-order valence-electron chi connectivity index (χ2n) is 4.32. The van der Waals surface area contributed by atoms with Crippen LogP contribution in [0.5, 0.6) is 0 Å². The molecule has 0 amide bonds. The van der Waals surface area contributed by atoms with E-state index in [1.165, 1.54) is 18.4 Å². The smallest absolute Gasteiger partial charge is 0.0469 e. The lowest BCUT2D eigenvalue weighted by Gasteiger charge is -2.28. The van der Waals surface area contributed by atoms with Crippen LogP contribution in [0.2, 0.25) is 0 Å². The van der Waals surface area contributed by atoms with Gasteiger partial charge >= 0.3 is 0 Å². The van der Waals surface area contributed by atoms with Gasteiger partial charge < -0.3 is 5.32 Å². The molecule has 1 N–H and O–H groups in total. The zero-order valence-electron chi connectivity index (χ0n) is 10.7. The fourth-order valence-electron chi connectivity index (χ4n) is 1.96. The Kier molecular flexibility index (Phi) is 6.12. The van der Waals surface area contributed by atoms with Crippen molar-refractivity contribution in [1.29, 1.82) is 0 Å². The van der Waals surface area contributed by atoms with Crippen molar-refractivity contribution < 1.29 is 0 Å². The van der Waals surface area contributed by atoms with Gasteiger partial charge in [-0.15, -0.1) is 0 Å². The molecule has 1 unspecified atom stereocenters. The highest BCUT2D eigenvalue weighted by Crippen LogP contribution is 2.18. The molecule has 0 aliphatic carbocycles. The van der Waals surface area contributed by atoms with Crippen LogP contribution >= 0.6 is 0 Å². The molecule has 1 rings (SSSR count). The van der Waals surface area contributed by atoms with E-state index >= 15 is 0 Å². The number of hydrogen-bond donors (Lipinski definition) is 1. The Hall–Kier alpha value is -0.860. The zero-order valence-corrected chi connectivity index (χ0v) is 10.7. The Balaban J connectivity index is 2.66. The Morgan fingerprint density at radius 1 is 1.25 bits per heavy atom. The first kappa shape index (κ1) is 13.2. The predicted octanol–water partition coefficient (Wildman–Crippen LogP) is 2.68. The molecule has 0 radical (unpaired) electrons. The van der Waals surface area contributed by atoms with E-state index < -0.39 is 0 Å². The minimum atomic E-state index is 0.484. The van der Waals surface area contributed by atoms with Gasteiger partial charge in [0.15, 0.2) is 0 Å². The molecule has 2 heteroatoms. The van der Waals surface area contributed by atoms with Gasteiger partial charge in [0.2, 0.25) is 0 Å². The molecule has 1 aromatic rings. The number of unbranched alkanes of at least 4 members (excludes halogenated alkanes) is 1. The number of rotatable bonds is 7. The van der Waals surface area contributed by atoms with Crippen LogP contribution in [0.1, 0.15) is 31.4 Å². The maximum absolute atomic E-state index is 3.28. The molecule has 1 atom stereocenters. The van der Waals surface area contributed by atoms with E-state index in [1.807, 2.05) is 7.05 Å². The fourth-order valence-corrected chi connectivity index (χ4v) is 1.96. The maximum Gasteiger partial charge on any atom is 0.0469 e. The second kappa shape index (κ2) is 7.42. The van der Waals surface area contributed by atoms with Gasteiger partial charge in [0.25, 0.3) is 0 Å². The average Bonchev–Trinajstić information content (AvgIpc) is 2.34. The highest BCUT2D eigenvalue weighted by molar-refractivity contribution is 5.19. The quantitative estimate of drug-likeness (QED) is 0.760. The highest BCUT2D eigenvalue weighted by atomic mass is 15.1. The molecule has 0 heterocycles. The molecular weight excluding hydrogens is 196 g/mol. The maximum atomic E-state index is 3.28. The molecule has 0 aromatic heterocycles. The molecule has 0 bridgehead atoms. The molecule has 0 aliphatic rings. The van der Waals surface area contributed by atoms with Crippen molar-refractivity contribution >= 4 is 0 Å². The monoisotopic (exact) mass is 220 g/mol. The van der Waals surface area contributed by atoms with E-state index in [9.17, 15) is 0 Å². The number of nitrogens with one attached hydrogen (secondary N) is 1. The van der Waals surface area contributed by atoms with E-state index in [2.05, 4.69) is 54.5 Å². The molecule has 2 nitrogen and oxygen atoms in total. The van der Waals surface area contributed by atoms with Crippen LogP contribution in [0.4, 0.5) is 0 Å². The summed E-state index contributed by atoms with van der Waals surface area (Å²) < 4.78 is 0. The van der Waals surface area contributed by atoms with Gasteiger partial charge in [-0.05, 0) is 32.6 Å². The van der Waals surface area contributed by atoms with Gasteiger partial charge in [-0.25, -0.2) is 0 Å². The minimum absolute atomic E-state index is 0.484. The molecule has 0 aliphatic heterocycles. The molecule has 0 saturated carbocycles. The summed E-state index contributed by atoms with van der Waals surface area (Å²) in [5.74, 6) is 0. The number of likely N-dealkylation sites (N-methyl/N-ethyl adjacent to an activating group) is 2. The predicted molar refractivity (Wildman–Crippen MR) is 70.6 cm³/mol. The number of hydrogen-bond acceptors (Lipinski definition) is 2. The van der Waals surface area contributed by atoms with Crippen molar-refractivity contribution in [1.82, 2.24) is 10.2 Å². The largest absolute Gasteiger partial charge is 0.318 e. The minimum Gasteiger partial charge on any atom is -0.318 e. The van der Waals surface area contributed by atoms with Crippen molar-refractivity contribution in [3.63, 3.8) is 0 Å². The van der Waals surface area contributed by atoms with Crippen molar-refractivity contribution in [3.8, 4) is 0 Å². The first-order chi connectivity index (χ1) is 7.79. The van der Waals surface area contributed by atoms with E-state index in [-0.39, 0.29) is 0 Å². The lowest BCUT2D eigenvalue weighted by Crippen LogP contribution is -2.32. The van der Waals surface area contributed by atoms with Crippen LogP contribution in [0.25, 0.3) is 0 Å². The van der Waals surface area contributed by atoms with Gasteiger partial charge in [0, 0.05) is 12.6 Å². The molecule has 0 fully saturated rings. The zero-order chi connectivity index (χ0) is 11.8. The second-order valence-corrected chi connectivity index (χ2v) is 4.32. The molecule has 1 aromatic carbocycles. The Morgan fingerprint density at radius 3 is 2.50 bits per heavy atom. The Labute approximate surface area is 99.7 Å². The summed E-state index contributed by atoms with van der Waals surface area (Å²) in [6.07, 6.45) is 2.52. The van der Waals surface area contributed by atoms with E-state index in [0.29, 0.717) is 6.04 Å². The third kappa shape index (κ3) is 3.95. The summed E-state index contributed by atoms with van der Waals surface area (Å²) in [6.45, 7) is 4.41. The van der Waals surface area contributed by atoms with Crippen LogP contribution in [-0.4, -0.2) is 32.1 Å². The fraction of sp³-hybridized carbons (Fsp3) is 0.571. The van der Waals surface area contributed by atoms with Crippen LogP contribution in [-0.2, 0) is 0 Å². The van der Waals surface area contributed by atoms with E-state index in [4.69, 9.17) is 0 Å². The lowest BCUT2D eigenvalue weighted by atomic mass is 10.1. The third-order valence-corrected chi connectivity index (χ3v) is 2.98. The summed E-state index contributed by atoms with van der Waals surface area (Å²) in [4.78, 5) is 2.44. The van der Waals surface area contributed by atoms with Crippen LogP contribution in [0, 0.1) is 0 Å². The van der Waals surface area contributed by atoms with Crippen LogP contribution in [0.15, 0.2) is 30.3 Å². The Morgan fingerprint density at radius 2 is 1.94 bits per heavy atom. The first-order valence-corrected chi connectivity index (χ1v) is 6.19. The highest BCUT2D eigenvalue weighted by Gasteiger charge is 2.14. The van der Waals surface area contributed by atoms with Crippen molar-refractivity contribution in [2.75, 3.05) is 27.2 Å². The summed E-state index contributed by atoms with van der Waals surface area (Å²) in [6, 6.07) is 11.2. The molecule has 0 spiro atoms. The standard InChI is InChI=1S/C14H24N2/c1-4-5-11-16(3)14(12-15-2)13-9-7-6-8-10-13/h6-10,14-15H,4-5,11-12H2,1-3H3. The molecule has 90 valence electrons. The van der Waals surface area contributed by atoms with E-state index in [1.54, 1.807) is 0 Å². The van der Waals surface area contributed by atoms with Crippen molar-refractivity contribution in [2.45, 2.75) is 25.8 Å². The number of nitrogens with zero attached hydrogens (tertiary/aromatic N) is 1. The third-order valence-electron chi connectivity index (χ3n) is 2.98. The van der Waals surface area contributed by atoms with Crippen molar-refractivity contribution in [3.05, 3.63) is 35.9 Å². The molecule has 0 saturated heterocycles. The molecular formula is C14H24N2. The van der Waals surface area contributed by atoms with Crippen molar-refractivity contribution in [2.24, 2.45) is 0 Å². The van der Waals surface area contributed by atoms with Gasteiger partial charge in [-0.2, -0.15) is 0 Å². The van der Waals surface area contributed by atoms with Gasteiger partial charge in [-0.3, -0.25) is 4.90 Å². The van der Waals surface area contributed by atoms with E-state index in [0.717, 1.165) is 13.1 Å². The topological polar surface area (TPSA) is 15.3 Å². The van der Waals surface area contributed by atoms with Gasteiger partial charge in [0.05, 0.1) is 0 Å². The summed E-state index contributed by atoms with van der Waals surface area (Å²) >= 11 is 0. The summed E-state index contributed by atoms with van der Waals surface area (Å²) in [5, 5.41) is 3.28. The van der Waals surface area contributed by atoms with Gasteiger partial charge in [0.1, 0.15) is 0 Å². The Bertz CT molecular complexity index is 271. The SMILES string of the molecule is CCCCN(C)C(CNC)c1ccccc1. The summed E-state index contributed by atoms with van der Waals surface area (Å²) in [5.41, 5.74) is 1.40. The number of benzene rings is 1. The normalized spacial score (nSPS) is 13.0. The molecule has 16 heavy (non-hydrogen) atoms. The summed E-state index contributed by atoms with van der Waals surface area (Å²) in [7, 11) is 4.23.